The largest absolute Gasteiger partial charge is 0.478 e. The van der Waals surface area contributed by atoms with Gasteiger partial charge in [-0.1, -0.05) is 6.07 Å². The van der Waals surface area contributed by atoms with E-state index in [4.69, 9.17) is 9.84 Å². The van der Waals surface area contributed by atoms with Gasteiger partial charge >= 0.3 is 5.97 Å². The number of para-hydroxylation sites is 1. The van der Waals surface area contributed by atoms with Crippen molar-refractivity contribution < 1.29 is 14.6 Å². The minimum absolute atomic E-state index is 0.0468. The summed E-state index contributed by atoms with van der Waals surface area (Å²) in [5.74, 6) is -0.943. The summed E-state index contributed by atoms with van der Waals surface area (Å²) in [5, 5.41) is 9.16. The number of hydrogen-bond donors (Lipinski definition) is 1. The van der Waals surface area contributed by atoms with Crippen molar-refractivity contribution in [2.24, 2.45) is 0 Å². The van der Waals surface area contributed by atoms with Gasteiger partial charge in [0.15, 0.2) is 0 Å². The number of carboxylic acid groups (broad SMARTS) is 1. The van der Waals surface area contributed by atoms with E-state index >= 15 is 0 Å². The molecule has 1 aromatic carbocycles. The Morgan fingerprint density at radius 1 is 1.59 bits per heavy atom. The molecule has 0 spiro atoms. The van der Waals surface area contributed by atoms with Crippen LogP contribution in [0.2, 0.25) is 0 Å². The third kappa shape index (κ3) is 2.01. The van der Waals surface area contributed by atoms with Gasteiger partial charge in [-0.25, -0.2) is 9.78 Å². The molecule has 0 radical (unpaired) electrons. The van der Waals surface area contributed by atoms with Crippen molar-refractivity contribution in [3.8, 4) is 0 Å². The molecule has 0 bridgehead atoms. The highest BCUT2D eigenvalue weighted by molar-refractivity contribution is 6.01. The van der Waals surface area contributed by atoms with E-state index in [1.165, 1.54) is 0 Å². The summed E-state index contributed by atoms with van der Waals surface area (Å²) in [6.07, 6.45) is 1.65. The van der Waals surface area contributed by atoms with Crippen LogP contribution in [-0.2, 0) is 4.74 Å². The van der Waals surface area contributed by atoms with Crippen molar-refractivity contribution in [1.29, 1.82) is 0 Å². The summed E-state index contributed by atoms with van der Waals surface area (Å²) in [6.45, 7) is 2.47. The lowest BCUT2D eigenvalue weighted by atomic mass is 10.1. The van der Waals surface area contributed by atoms with Crippen LogP contribution in [0.4, 0.5) is 0 Å². The molecule has 0 amide bonds. The Balaban J connectivity index is 2.61. The molecule has 1 atom stereocenters. The van der Waals surface area contributed by atoms with Crippen LogP contribution in [0.3, 0.4) is 0 Å². The number of aromatic nitrogens is 2. The number of carboxylic acids is 1. The van der Waals surface area contributed by atoms with E-state index in [-0.39, 0.29) is 11.6 Å². The summed E-state index contributed by atoms with van der Waals surface area (Å²) in [5.41, 5.74) is 1.60. The van der Waals surface area contributed by atoms with E-state index in [0.29, 0.717) is 17.6 Å². The number of benzene rings is 1. The van der Waals surface area contributed by atoms with Crippen molar-refractivity contribution >= 4 is 17.0 Å². The molecule has 1 aromatic heterocycles. The highest BCUT2D eigenvalue weighted by atomic mass is 16.5. The molecular formula is C12H14N2O3. The number of carbonyl (C=O) groups is 1. The lowest BCUT2D eigenvalue weighted by Gasteiger charge is -2.14. The molecule has 1 N–H and O–H groups in total. The lowest BCUT2D eigenvalue weighted by molar-refractivity contribution is 0.0698. The van der Waals surface area contributed by atoms with Crippen molar-refractivity contribution in [2.75, 3.05) is 13.7 Å². The zero-order valence-electron chi connectivity index (χ0n) is 9.75. The van der Waals surface area contributed by atoms with Gasteiger partial charge in [-0.3, -0.25) is 0 Å². The number of fused-ring (bicyclic) bond motifs is 1. The highest BCUT2D eigenvalue weighted by Crippen LogP contribution is 2.21. The van der Waals surface area contributed by atoms with Gasteiger partial charge in [0.1, 0.15) is 0 Å². The summed E-state index contributed by atoms with van der Waals surface area (Å²) in [4.78, 5) is 15.4. The molecule has 17 heavy (non-hydrogen) atoms. The Hall–Kier alpha value is -1.88. The smallest absolute Gasteiger partial charge is 0.337 e. The second-order valence-corrected chi connectivity index (χ2v) is 3.93. The van der Waals surface area contributed by atoms with Crippen molar-refractivity contribution in [3.63, 3.8) is 0 Å². The maximum Gasteiger partial charge on any atom is 0.337 e. The molecule has 0 saturated carbocycles. The average molecular weight is 234 g/mol. The van der Waals surface area contributed by atoms with Gasteiger partial charge in [-0.2, -0.15) is 0 Å². The van der Waals surface area contributed by atoms with E-state index in [1.54, 1.807) is 31.6 Å². The fraction of sp³-hybridized carbons (Fsp3) is 0.333. The Bertz CT molecular complexity index is 548. The predicted octanol–water partition coefficient (Wildman–Crippen LogP) is 1.94. The van der Waals surface area contributed by atoms with Gasteiger partial charge in [0.25, 0.3) is 0 Å². The van der Waals surface area contributed by atoms with Gasteiger partial charge in [0.2, 0.25) is 0 Å². The van der Waals surface area contributed by atoms with Crippen LogP contribution >= 0.6 is 0 Å². The molecular weight excluding hydrogens is 220 g/mol. The van der Waals surface area contributed by atoms with Crippen LogP contribution in [-0.4, -0.2) is 34.3 Å². The molecule has 0 aliphatic heterocycles. The van der Waals surface area contributed by atoms with Crippen molar-refractivity contribution in [1.82, 2.24) is 9.55 Å². The molecule has 1 unspecified atom stereocenters. The van der Waals surface area contributed by atoms with E-state index in [2.05, 4.69) is 4.98 Å². The van der Waals surface area contributed by atoms with Gasteiger partial charge in [-0.05, 0) is 19.1 Å². The number of hydrogen-bond acceptors (Lipinski definition) is 3. The summed E-state index contributed by atoms with van der Waals surface area (Å²) >= 11 is 0. The van der Waals surface area contributed by atoms with Crippen molar-refractivity contribution in [3.05, 3.63) is 30.1 Å². The number of imidazole rings is 1. The predicted molar refractivity (Wildman–Crippen MR) is 63.3 cm³/mol. The lowest BCUT2D eigenvalue weighted by Crippen LogP contribution is -2.11. The first-order chi connectivity index (χ1) is 8.15. The maximum absolute atomic E-state index is 11.2. The molecule has 0 saturated heterocycles. The zero-order chi connectivity index (χ0) is 12.4. The van der Waals surface area contributed by atoms with Crippen LogP contribution in [0, 0.1) is 0 Å². The minimum Gasteiger partial charge on any atom is -0.478 e. The molecule has 5 heteroatoms. The maximum atomic E-state index is 11.2. The molecule has 0 fully saturated rings. The van der Waals surface area contributed by atoms with Crippen molar-refractivity contribution in [2.45, 2.75) is 13.0 Å². The monoisotopic (exact) mass is 234 g/mol. The third-order valence-electron chi connectivity index (χ3n) is 2.71. The minimum atomic E-state index is -0.943. The van der Waals surface area contributed by atoms with E-state index in [1.807, 2.05) is 11.5 Å². The molecule has 5 nitrogen and oxygen atoms in total. The highest BCUT2D eigenvalue weighted by Gasteiger charge is 2.16. The SMILES string of the molecule is COCC(C)n1cnc2cccc(C(=O)O)c21. The first-order valence-corrected chi connectivity index (χ1v) is 5.33. The third-order valence-corrected chi connectivity index (χ3v) is 2.71. The molecule has 0 aliphatic carbocycles. The standard InChI is InChI=1S/C12H14N2O3/c1-8(6-17-2)14-7-13-10-5-3-4-9(11(10)14)12(15)16/h3-5,7-8H,6H2,1-2H3,(H,15,16). The van der Waals surface area contributed by atoms with E-state index < -0.39 is 5.97 Å². The first kappa shape index (κ1) is 11.6. The van der Waals surface area contributed by atoms with Crippen LogP contribution in [0.25, 0.3) is 11.0 Å². The second-order valence-electron chi connectivity index (χ2n) is 3.93. The van der Waals surface area contributed by atoms with Crippen LogP contribution in [0.15, 0.2) is 24.5 Å². The van der Waals surface area contributed by atoms with Crippen LogP contribution in [0.1, 0.15) is 23.3 Å². The Labute approximate surface area is 98.6 Å². The number of aromatic carboxylic acids is 1. The number of rotatable bonds is 4. The molecule has 2 rings (SSSR count). The number of ether oxygens (including phenoxy) is 1. The number of nitrogens with zero attached hydrogens (tertiary/aromatic N) is 2. The van der Waals surface area contributed by atoms with Gasteiger partial charge in [-0.15, -0.1) is 0 Å². The van der Waals surface area contributed by atoms with Crippen LogP contribution in [0.5, 0.6) is 0 Å². The number of methoxy groups -OCH3 is 1. The van der Waals surface area contributed by atoms with Gasteiger partial charge in [0.05, 0.1) is 35.6 Å². The van der Waals surface area contributed by atoms with Gasteiger partial charge in [0, 0.05) is 7.11 Å². The molecule has 90 valence electrons. The van der Waals surface area contributed by atoms with Crippen LogP contribution < -0.4 is 0 Å². The summed E-state index contributed by atoms with van der Waals surface area (Å²) < 4.78 is 6.92. The zero-order valence-corrected chi connectivity index (χ0v) is 9.75. The van der Waals surface area contributed by atoms with Gasteiger partial charge < -0.3 is 14.4 Å². The first-order valence-electron chi connectivity index (χ1n) is 5.33. The Morgan fingerprint density at radius 3 is 3.00 bits per heavy atom. The second kappa shape index (κ2) is 4.55. The Kier molecular flexibility index (Phi) is 3.10. The Morgan fingerprint density at radius 2 is 2.35 bits per heavy atom. The average Bonchev–Trinajstić information content (AvgIpc) is 2.72. The molecule has 2 aromatic rings. The molecule has 1 heterocycles. The summed E-state index contributed by atoms with van der Waals surface area (Å²) in [7, 11) is 1.62. The van der Waals surface area contributed by atoms with E-state index in [0.717, 1.165) is 0 Å². The fourth-order valence-electron chi connectivity index (χ4n) is 1.92. The topological polar surface area (TPSA) is 64.4 Å². The molecule has 0 aliphatic rings. The van der Waals surface area contributed by atoms with E-state index in [9.17, 15) is 4.79 Å². The summed E-state index contributed by atoms with van der Waals surface area (Å²) in [6, 6.07) is 5.13. The normalized spacial score (nSPS) is 12.8. The quantitative estimate of drug-likeness (QED) is 0.878. The fourth-order valence-corrected chi connectivity index (χ4v) is 1.92.